The molecular weight excluding hydrogens is 226 g/mol. The van der Waals surface area contributed by atoms with E-state index in [1.807, 2.05) is 12.3 Å². The third-order valence-electron chi connectivity index (χ3n) is 3.86. The topological polar surface area (TPSA) is 47.0 Å². The molecule has 0 spiro atoms. The van der Waals surface area contributed by atoms with Crippen LogP contribution in [0.25, 0.3) is 0 Å². The van der Waals surface area contributed by atoms with Crippen LogP contribution in [0.4, 0.5) is 0 Å². The molecule has 2 aliphatic rings. The molecule has 1 aromatic rings. The third-order valence-corrected chi connectivity index (χ3v) is 3.86. The number of nitrogens with one attached hydrogen (secondary N) is 1. The van der Waals surface area contributed by atoms with E-state index >= 15 is 0 Å². The first-order valence-electron chi connectivity index (χ1n) is 6.93. The lowest BCUT2D eigenvalue weighted by atomic mass is 9.88. The minimum Gasteiger partial charge on any atom is -0.374 e. The minimum absolute atomic E-state index is 0.364. The normalized spacial score (nSPS) is 30.3. The molecule has 0 saturated carbocycles. The van der Waals surface area contributed by atoms with Gasteiger partial charge < -0.3 is 10.1 Å². The van der Waals surface area contributed by atoms with Gasteiger partial charge in [-0.05, 0) is 25.3 Å². The van der Waals surface area contributed by atoms with E-state index in [2.05, 4.69) is 24.1 Å². The average molecular weight is 247 g/mol. The Balaban J connectivity index is 1.71. The maximum absolute atomic E-state index is 5.88. The van der Waals surface area contributed by atoms with Crippen LogP contribution in [0.1, 0.15) is 50.5 Å². The van der Waals surface area contributed by atoms with Crippen molar-refractivity contribution >= 4 is 0 Å². The molecule has 0 aromatic carbocycles. The molecule has 3 unspecified atom stereocenters. The predicted octanol–water partition coefficient (Wildman–Crippen LogP) is 2.01. The SMILES string of the molecule is CC(C)NCc1ccnc(C2CC3CCC2O3)n1. The van der Waals surface area contributed by atoms with Crippen molar-refractivity contribution in [2.45, 2.75) is 63.8 Å². The van der Waals surface area contributed by atoms with Crippen molar-refractivity contribution in [1.29, 1.82) is 0 Å². The molecule has 0 aliphatic carbocycles. The van der Waals surface area contributed by atoms with Gasteiger partial charge >= 0.3 is 0 Å². The highest BCUT2D eigenvalue weighted by molar-refractivity contribution is 5.11. The fourth-order valence-electron chi connectivity index (χ4n) is 2.91. The van der Waals surface area contributed by atoms with Gasteiger partial charge in [0.25, 0.3) is 0 Å². The first-order chi connectivity index (χ1) is 8.72. The summed E-state index contributed by atoms with van der Waals surface area (Å²) < 4.78 is 5.88. The predicted molar refractivity (Wildman–Crippen MR) is 69.3 cm³/mol. The van der Waals surface area contributed by atoms with Gasteiger partial charge in [0.15, 0.2) is 0 Å². The van der Waals surface area contributed by atoms with E-state index in [-0.39, 0.29) is 0 Å². The van der Waals surface area contributed by atoms with Crippen molar-refractivity contribution in [1.82, 2.24) is 15.3 Å². The van der Waals surface area contributed by atoms with Gasteiger partial charge in [0.1, 0.15) is 5.82 Å². The zero-order valence-electron chi connectivity index (χ0n) is 11.1. The van der Waals surface area contributed by atoms with Crippen LogP contribution in [0.5, 0.6) is 0 Å². The van der Waals surface area contributed by atoms with Crippen LogP contribution in [0.15, 0.2) is 12.3 Å². The number of rotatable bonds is 4. The number of hydrogen-bond donors (Lipinski definition) is 1. The zero-order chi connectivity index (χ0) is 12.5. The Hall–Kier alpha value is -1.00. The van der Waals surface area contributed by atoms with E-state index < -0.39 is 0 Å². The second-order valence-corrected chi connectivity index (χ2v) is 5.66. The third kappa shape index (κ3) is 2.40. The van der Waals surface area contributed by atoms with E-state index in [1.54, 1.807) is 0 Å². The van der Waals surface area contributed by atoms with Crippen molar-refractivity contribution in [2.24, 2.45) is 0 Å². The Kier molecular flexibility index (Phi) is 3.31. The molecule has 1 aromatic heterocycles. The molecule has 0 amide bonds. The van der Waals surface area contributed by atoms with Gasteiger partial charge in [0.05, 0.1) is 17.9 Å². The quantitative estimate of drug-likeness (QED) is 0.884. The maximum Gasteiger partial charge on any atom is 0.134 e. The Morgan fingerprint density at radius 2 is 2.33 bits per heavy atom. The highest BCUT2D eigenvalue weighted by Crippen LogP contribution is 2.43. The standard InChI is InChI=1S/C14H21N3O/c1-9(2)16-8-10-5-6-15-14(17-10)12-7-11-3-4-13(12)18-11/h5-6,9,11-13,16H,3-4,7-8H2,1-2H3. The molecule has 3 heterocycles. The molecule has 2 fully saturated rings. The lowest BCUT2D eigenvalue weighted by Crippen LogP contribution is -2.23. The molecule has 98 valence electrons. The summed E-state index contributed by atoms with van der Waals surface area (Å²) in [6.45, 7) is 5.10. The molecule has 0 radical (unpaired) electrons. The molecule has 2 aliphatic heterocycles. The first kappa shape index (κ1) is 12.1. The molecule has 4 heteroatoms. The summed E-state index contributed by atoms with van der Waals surface area (Å²) in [4.78, 5) is 9.14. The Labute approximate surface area is 108 Å². The monoisotopic (exact) mass is 247 g/mol. The van der Waals surface area contributed by atoms with Crippen molar-refractivity contribution in [3.05, 3.63) is 23.8 Å². The summed E-state index contributed by atoms with van der Waals surface area (Å²) in [7, 11) is 0. The fraction of sp³-hybridized carbons (Fsp3) is 0.714. The number of fused-ring (bicyclic) bond motifs is 2. The van der Waals surface area contributed by atoms with Crippen LogP contribution in [0.3, 0.4) is 0 Å². The highest BCUT2D eigenvalue weighted by atomic mass is 16.5. The molecule has 1 N–H and O–H groups in total. The Bertz CT molecular complexity index is 421. The summed E-state index contributed by atoms with van der Waals surface area (Å²) in [5.74, 6) is 1.40. The van der Waals surface area contributed by atoms with Gasteiger partial charge in [-0.3, -0.25) is 0 Å². The minimum atomic E-state index is 0.364. The second kappa shape index (κ2) is 4.94. The summed E-state index contributed by atoms with van der Waals surface area (Å²) in [6, 6.07) is 2.47. The number of hydrogen-bond acceptors (Lipinski definition) is 4. The van der Waals surface area contributed by atoms with E-state index in [1.165, 1.54) is 12.8 Å². The van der Waals surface area contributed by atoms with Gasteiger partial charge in [-0.15, -0.1) is 0 Å². The lowest BCUT2D eigenvalue weighted by Gasteiger charge is -2.17. The van der Waals surface area contributed by atoms with E-state index in [9.17, 15) is 0 Å². The van der Waals surface area contributed by atoms with E-state index in [4.69, 9.17) is 9.72 Å². The van der Waals surface area contributed by atoms with Crippen molar-refractivity contribution in [3.63, 3.8) is 0 Å². The smallest absolute Gasteiger partial charge is 0.134 e. The summed E-state index contributed by atoms with van der Waals surface area (Å²) in [5.41, 5.74) is 1.08. The number of ether oxygens (including phenoxy) is 1. The largest absolute Gasteiger partial charge is 0.374 e. The van der Waals surface area contributed by atoms with Crippen LogP contribution in [0.2, 0.25) is 0 Å². The molecule has 3 rings (SSSR count). The van der Waals surface area contributed by atoms with Crippen molar-refractivity contribution in [3.8, 4) is 0 Å². The van der Waals surface area contributed by atoms with Crippen LogP contribution in [0, 0.1) is 0 Å². The van der Waals surface area contributed by atoms with Crippen molar-refractivity contribution in [2.75, 3.05) is 0 Å². The van der Waals surface area contributed by atoms with Crippen LogP contribution < -0.4 is 5.32 Å². The zero-order valence-corrected chi connectivity index (χ0v) is 11.1. The average Bonchev–Trinajstić information content (AvgIpc) is 2.99. The van der Waals surface area contributed by atoms with Gasteiger partial charge in [-0.25, -0.2) is 9.97 Å². The Morgan fingerprint density at radius 1 is 1.44 bits per heavy atom. The molecular formula is C14H21N3O. The van der Waals surface area contributed by atoms with Crippen molar-refractivity contribution < 1.29 is 4.74 Å². The second-order valence-electron chi connectivity index (χ2n) is 5.66. The van der Waals surface area contributed by atoms with Crippen LogP contribution in [-0.2, 0) is 11.3 Å². The van der Waals surface area contributed by atoms with Gasteiger partial charge in [0, 0.05) is 24.7 Å². The highest BCUT2D eigenvalue weighted by Gasteiger charge is 2.42. The number of aromatic nitrogens is 2. The van der Waals surface area contributed by atoms with E-state index in [0.717, 1.165) is 24.5 Å². The van der Waals surface area contributed by atoms with Crippen LogP contribution in [-0.4, -0.2) is 28.2 Å². The molecule has 4 nitrogen and oxygen atoms in total. The first-order valence-corrected chi connectivity index (χ1v) is 6.93. The fourth-order valence-corrected chi connectivity index (χ4v) is 2.91. The maximum atomic E-state index is 5.88. The summed E-state index contributed by atoms with van der Waals surface area (Å²) >= 11 is 0. The molecule has 2 saturated heterocycles. The van der Waals surface area contributed by atoms with Crippen LogP contribution >= 0.6 is 0 Å². The Morgan fingerprint density at radius 3 is 3.00 bits per heavy atom. The number of nitrogens with zero attached hydrogens (tertiary/aromatic N) is 2. The molecule has 18 heavy (non-hydrogen) atoms. The van der Waals surface area contributed by atoms with Gasteiger partial charge in [-0.1, -0.05) is 13.8 Å². The molecule has 3 atom stereocenters. The molecule has 2 bridgehead atoms. The summed E-state index contributed by atoms with van der Waals surface area (Å²) in [6.07, 6.45) is 6.20. The summed E-state index contributed by atoms with van der Waals surface area (Å²) in [5, 5.41) is 3.39. The lowest BCUT2D eigenvalue weighted by molar-refractivity contribution is 0.0998. The van der Waals surface area contributed by atoms with Gasteiger partial charge in [0.2, 0.25) is 0 Å². The van der Waals surface area contributed by atoms with Gasteiger partial charge in [-0.2, -0.15) is 0 Å². The van der Waals surface area contributed by atoms with E-state index in [0.29, 0.717) is 24.2 Å².